The second-order valence-electron chi connectivity index (χ2n) is 8.14. The Bertz CT molecular complexity index is 944. The van der Waals surface area contributed by atoms with Gasteiger partial charge in [-0.15, -0.1) is 0 Å². The van der Waals surface area contributed by atoms with Gasteiger partial charge in [-0.25, -0.2) is 0 Å². The van der Waals surface area contributed by atoms with E-state index in [1.165, 1.54) is 11.1 Å². The van der Waals surface area contributed by atoms with Gasteiger partial charge in [0.25, 0.3) is 0 Å². The van der Waals surface area contributed by atoms with E-state index in [9.17, 15) is 9.90 Å². The lowest BCUT2D eigenvalue weighted by molar-refractivity contribution is -0.940. The van der Waals surface area contributed by atoms with Gasteiger partial charge in [-0.05, 0) is 35.4 Å². The third-order valence-electron chi connectivity index (χ3n) is 6.36. The van der Waals surface area contributed by atoms with Crippen LogP contribution in [-0.4, -0.2) is 64.1 Å². The molecule has 0 saturated heterocycles. The molecule has 7 heteroatoms. The number of nitrogens with zero attached hydrogens (tertiary/aromatic N) is 1. The molecule has 0 fully saturated rings. The standard InChI is InChI=1S/C24H31NO6/c1-25(11-9-24(26)27)10-8-17-14-22(30-4)23(31-5)15-18(17)19(25)12-16-6-7-20(28-2)21(13-16)29-3/h6-7,13-15,19H,8-12H2,1-5H3/p+1. The number of aliphatic carboxylic acids is 1. The van der Waals surface area contributed by atoms with Crippen LogP contribution in [0.25, 0.3) is 0 Å². The minimum absolute atomic E-state index is 0.0704. The summed E-state index contributed by atoms with van der Waals surface area (Å²) in [5.41, 5.74) is 3.49. The molecule has 0 spiro atoms. The summed E-state index contributed by atoms with van der Waals surface area (Å²) >= 11 is 0. The highest BCUT2D eigenvalue weighted by Crippen LogP contribution is 2.43. The number of fused-ring (bicyclic) bond motifs is 1. The average molecular weight is 431 g/mol. The zero-order valence-electron chi connectivity index (χ0n) is 18.9. The molecule has 2 aromatic rings. The van der Waals surface area contributed by atoms with Crippen LogP contribution >= 0.6 is 0 Å². The number of carbonyl (C=O) groups is 1. The number of quaternary nitrogens is 1. The second-order valence-corrected chi connectivity index (χ2v) is 8.14. The zero-order valence-corrected chi connectivity index (χ0v) is 18.9. The molecule has 1 aliphatic rings. The van der Waals surface area contributed by atoms with Crippen molar-refractivity contribution >= 4 is 5.97 Å². The highest BCUT2D eigenvalue weighted by atomic mass is 16.5. The molecule has 0 saturated carbocycles. The maximum atomic E-state index is 11.4. The lowest BCUT2D eigenvalue weighted by Crippen LogP contribution is -2.53. The molecule has 1 aliphatic heterocycles. The number of benzene rings is 2. The van der Waals surface area contributed by atoms with Crippen molar-refractivity contribution in [3.05, 3.63) is 47.0 Å². The topological polar surface area (TPSA) is 74.2 Å². The number of hydrogen-bond acceptors (Lipinski definition) is 5. The van der Waals surface area contributed by atoms with Crippen molar-refractivity contribution in [3.63, 3.8) is 0 Å². The highest BCUT2D eigenvalue weighted by molar-refractivity contribution is 5.66. The van der Waals surface area contributed by atoms with Crippen molar-refractivity contribution in [2.75, 3.05) is 48.6 Å². The van der Waals surface area contributed by atoms with Gasteiger partial charge < -0.3 is 28.5 Å². The Kier molecular flexibility index (Phi) is 6.95. The van der Waals surface area contributed by atoms with E-state index in [0.717, 1.165) is 24.9 Å². The first-order valence-corrected chi connectivity index (χ1v) is 10.4. The summed E-state index contributed by atoms with van der Waals surface area (Å²) in [5.74, 6) is 1.99. The maximum Gasteiger partial charge on any atom is 0.309 e. The van der Waals surface area contributed by atoms with Gasteiger partial charge in [-0.3, -0.25) is 4.79 Å². The Balaban J connectivity index is 2.06. The second kappa shape index (κ2) is 9.47. The van der Waals surface area contributed by atoms with E-state index in [1.54, 1.807) is 28.4 Å². The van der Waals surface area contributed by atoms with E-state index >= 15 is 0 Å². The van der Waals surface area contributed by atoms with Crippen molar-refractivity contribution in [2.24, 2.45) is 0 Å². The predicted octanol–water partition coefficient (Wildman–Crippen LogP) is 3.48. The van der Waals surface area contributed by atoms with E-state index in [0.29, 0.717) is 34.0 Å². The first-order chi connectivity index (χ1) is 14.8. The van der Waals surface area contributed by atoms with E-state index in [1.807, 2.05) is 18.2 Å². The molecular weight excluding hydrogens is 398 g/mol. The molecule has 7 nitrogen and oxygen atoms in total. The summed E-state index contributed by atoms with van der Waals surface area (Å²) < 4.78 is 22.6. The summed E-state index contributed by atoms with van der Waals surface area (Å²) in [7, 11) is 8.67. The molecule has 1 heterocycles. The Morgan fingerprint density at radius 2 is 1.58 bits per heavy atom. The Hall–Kier alpha value is -2.93. The fourth-order valence-electron chi connectivity index (χ4n) is 4.51. The van der Waals surface area contributed by atoms with E-state index in [4.69, 9.17) is 18.9 Å². The van der Waals surface area contributed by atoms with Crippen molar-refractivity contribution in [2.45, 2.75) is 25.3 Å². The normalized spacial score (nSPS) is 20.0. The molecule has 2 aromatic carbocycles. The molecule has 0 radical (unpaired) electrons. The summed E-state index contributed by atoms with van der Waals surface area (Å²) in [4.78, 5) is 11.4. The molecule has 2 atom stereocenters. The molecular formula is C24H32NO6+. The van der Waals surface area contributed by atoms with Crippen LogP contribution in [0.1, 0.15) is 29.2 Å². The minimum Gasteiger partial charge on any atom is -0.493 e. The summed E-state index contributed by atoms with van der Waals surface area (Å²) in [5, 5.41) is 9.33. The summed E-state index contributed by atoms with van der Waals surface area (Å²) in [6, 6.07) is 10.1. The maximum absolute atomic E-state index is 11.4. The van der Waals surface area contributed by atoms with Crippen LogP contribution < -0.4 is 18.9 Å². The monoisotopic (exact) mass is 430 g/mol. The van der Waals surface area contributed by atoms with Gasteiger partial charge >= 0.3 is 5.97 Å². The number of carboxylic acid groups (broad SMARTS) is 1. The number of likely N-dealkylation sites (N-methyl/N-ethyl adjacent to an activating group) is 1. The quantitative estimate of drug-likeness (QED) is 0.614. The SMILES string of the molecule is COc1ccc(CC2c3cc(OC)c(OC)cc3CC[N+]2(C)CCC(=O)O)cc1OC. The lowest BCUT2D eigenvalue weighted by atomic mass is 9.86. The highest BCUT2D eigenvalue weighted by Gasteiger charge is 2.40. The first kappa shape index (κ1) is 22.7. The van der Waals surface area contributed by atoms with Gasteiger partial charge in [0.05, 0.1) is 55.0 Å². The fraction of sp³-hybridized carbons (Fsp3) is 0.458. The summed E-state index contributed by atoms with van der Waals surface area (Å²) in [6.07, 6.45) is 1.72. The van der Waals surface area contributed by atoms with Crippen LogP contribution in [0.5, 0.6) is 23.0 Å². The molecule has 31 heavy (non-hydrogen) atoms. The molecule has 0 amide bonds. The molecule has 3 rings (SSSR count). The van der Waals surface area contributed by atoms with Gasteiger partial charge in [0.2, 0.25) is 0 Å². The van der Waals surface area contributed by atoms with Crippen LogP contribution in [0, 0.1) is 0 Å². The third-order valence-corrected chi connectivity index (χ3v) is 6.36. The van der Waals surface area contributed by atoms with E-state index in [-0.39, 0.29) is 12.5 Å². The van der Waals surface area contributed by atoms with Crippen molar-refractivity contribution in [1.29, 1.82) is 0 Å². The smallest absolute Gasteiger partial charge is 0.309 e. The van der Waals surface area contributed by atoms with Crippen LogP contribution in [0.15, 0.2) is 30.3 Å². The van der Waals surface area contributed by atoms with Crippen LogP contribution in [0.2, 0.25) is 0 Å². The number of rotatable bonds is 9. The molecule has 0 bridgehead atoms. The van der Waals surface area contributed by atoms with Gasteiger partial charge in [0, 0.05) is 18.4 Å². The molecule has 2 unspecified atom stereocenters. The lowest BCUT2D eigenvalue weighted by Gasteiger charge is -2.46. The van der Waals surface area contributed by atoms with E-state index < -0.39 is 5.97 Å². The van der Waals surface area contributed by atoms with Gasteiger partial charge in [-0.1, -0.05) is 6.07 Å². The first-order valence-electron chi connectivity index (χ1n) is 10.4. The predicted molar refractivity (Wildman–Crippen MR) is 117 cm³/mol. The largest absolute Gasteiger partial charge is 0.493 e. The van der Waals surface area contributed by atoms with E-state index in [2.05, 4.69) is 19.2 Å². The average Bonchev–Trinajstić information content (AvgIpc) is 2.78. The van der Waals surface area contributed by atoms with Crippen molar-refractivity contribution < 1.29 is 33.3 Å². The number of hydrogen-bond donors (Lipinski definition) is 1. The zero-order chi connectivity index (χ0) is 22.6. The summed E-state index contributed by atoms with van der Waals surface area (Å²) in [6.45, 7) is 1.41. The molecule has 0 aliphatic carbocycles. The van der Waals surface area contributed by atoms with Gasteiger partial charge in [0.1, 0.15) is 6.04 Å². The van der Waals surface area contributed by atoms with Crippen LogP contribution in [-0.2, 0) is 17.6 Å². The Morgan fingerprint density at radius 3 is 2.19 bits per heavy atom. The number of ether oxygens (including phenoxy) is 4. The number of carboxylic acids is 1. The van der Waals surface area contributed by atoms with Gasteiger partial charge in [-0.2, -0.15) is 0 Å². The Morgan fingerprint density at radius 1 is 0.968 bits per heavy atom. The molecule has 0 aromatic heterocycles. The fourth-order valence-corrected chi connectivity index (χ4v) is 4.51. The minimum atomic E-state index is -0.776. The van der Waals surface area contributed by atoms with Gasteiger partial charge in [0.15, 0.2) is 23.0 Å². The van der Waals surface area contributed by atoms with Crippen LogP contribution in [0.4, 0.5) is 0 Å². The number of methoxy groups -OCH3 is 4. The van der Waals surface area contributed by atoms with Crippen molar-refractivity contribution in [3.8, 4) is 23.0 Å². The third kappa shape index (κ3) is 4.71. The molecule has 168 valence electrons. The van der Waals surface area contributed by atoms with Crippen molar-refractivity contribution in [1.82, 2.24) is 0 Å². The molecule has 1 N–H and O–H groups in total. The van der Waals surface area contributed by atoms with Crippen LogP contribution in [0.3, 0.4) is 0 Å². The Labute approximate surface area is 183 Å².